The Labute approximate surface area is 123 Å². The number of hydrogen-bond donors (Lipinski definition) is 1. The van der Waals surface area contributed by atoms with Gasteiger partial charge in [0, 0.05) is 11.3 Å². The number of ether oxygens (including phenoxy) is 1. The van der Waals surface area contributed by atoms with E-state index < -0.39 is 29.2 Å². The number of hydrogen-bond acceptors (Lipinski definition) is 2. The number of carbonyl (C=O) groups excluding carboxylic acids is 1. The van der Waals surface area contributed by atoms with Crippen molar-refractivity contribution in [3.63, 3.8) is 0 Å². The van der Waals surface area contributed by atoms with Crippen molar-refractivity contribution < 1.29 is 27.1 Å². The number of fused-ring (bicyclic) bond motifs is 1. The molecule has 1 saturated carbocycles. The summed E-state index contributed by atoms with van der Waals surface area (Å²) >= 11 is 0. The molecule has 2 amide bonds. The Morgan fingerprint density at radius 2 is 2.09 bits per heavy atom. The van der Waals surface area contributed by atoms with Crippen LogP contribution in [0.1, 0.15) is 18.4 Å². The second-order valence-corrected chi connectivity index (χ2v) is 5.37. The molecule has 0 radical (unpaired) electrons. The highest BCUT2D eigenvalue weighted by Crippen LogP contribution is 2.46. The fraction of sp³-hybridized carbons (Fsp3) is 0.429. The van der Waals surface area contributed by atoms with Crippen LogP contribution in [0.4, 0.5) is 28.0 Å². The molecule has 1 aromatic carbocycles. The molecule has 0 spiro atoms. The summed E-state index contributed by atoms with van der Waals surface area (Å²) in [6, 6.07) is 1.78. The van der Waals surface area contributed by atoms with E-state index in [1.807, 2.05) is 0 Å². The lowest BCUT2D eigenvalue weighted by atomic mass is 9.92. The standard InChI is InChI=1S/C14H12F4N2O2/c15-9-3-4-11-10(5-9)13(14(16,17)18,7-19-12(21)20-11)22-6-8-1-2-8/h3-5,7-8H,1-2,6H2,(H,20,21). The predicted octanol–water partition coefficient (Wildman–Crippen LogP) is 3.63. The van der Waals surface area contributed by atoms with E-state index in [0.29, 0.717) is 12.3 Å². The summed E-state index contributed by atoms with van der Waals surface area (Å²) in [7, 11) is 0. The SMILES string of the molecule is O=C1N=CC(OCC2CC2)(C(F)(F)F)c2cc(F)ccc2N1. The van der Waals surface area contributed by atoms with Crippen molar-refractivity contribution in [2.75, 3.05) is 11.9 Å². The number of anilines is 1. The van der Waals surface area contributed by atoms with Gasteiger partial charge >= 0.3 is 12.2 Å². The predicted molar refractivity (Wildman–Crippen MR) is 70.3 cm³/mol. The molecule has 1 heterocycles. The van der Waals surface area contributed by atoms with Crippen molar-refractivity contribution in [2.45, 2.75) is 24.6 Å². The Hall–Kier alpha value is -1.96. The van der Waals surface area contributed by atoms with Gasteiger partial charge in [-0.2, -0.15) is 13.2 Å². The van der Waals surface area contributed by atoms with Gasteiger partial charge in [-0.3, -0.25) is 0 Å². The van der Waals surface area contributed by atoms with Crippen LogP contribution in [-0.2, 0) is 10.3 Å². The Morgan fingerprint density at radius 3 is 2.73 bits per heavy atom. The maximum absolute atomic E-state index is 13.7. The van der Waals surface area contributed by atoms with E-state index in [1.165, 1.54) is 0 Å². The van der Waals surface area contributed by atoms with Crippen molar-refractivity contribution in [3.05, 3.63) is 29.6 Å². The van der Waals surface area contributed by atoms with E-state index >= 15 is 0 Å². The Bertz CT molecular complexity index is 640. The number of nitrogens with zero attached hydrogens (tertiary/aromatic N) is 1. The normalized spacial score (nSPS) is 24.6. The Kier molecular flexibility index (Phi) is 3.43. The van der Waals surface area contributed by atoms with Gasteiger partial charge < -0.3 is 10.1 Å². The molecule has 0 aromatic heterocycles. The number of halogens is 4. The molecule has 1 atom stereocenters. The number of rotatable bonds is 3. The lowest BCUT2D eigenvalue weighted by Crippen LogP contribution is -2.47. The second kappa shape index (κ2) is 5.05. The molecule has 1 unspecified atom stereocenters. The van der Waals surface area contributed by atoms with Gasteiger partial charge in [0.05, 0.1) is 12.8 Å². The molecule has 3 rings (SSSR count). The molecule has 118 valence electrons. The molecule has 0 saturated heterocycles. The van der Waals surface area contributed by atoms with Crippen molar-refractivity contribution in [1.29, 1.82) is 0 Å². The maximum Gasteiger partial charge on any atom is 0.427 e. The summed E-state index contributed by atoms with van der Waals surface area (Å²) in [6.45, 7) is -0.129. The number of benzene rings is 1. The third-order valence-electron chi connectivity index (χ3n) is 3.65. The van der Waals surface area contributed by atoms with Crippen LogP contribution < -0.4 is 5.32 Å². The fourth-order valence-corrected chi connectivity index (χ4v) is 2.26. The number of carbonyl (C=O) groups is 1. The number of urea groups is 1. The van der Waals surface area contributed by atoms with E-state index in [9.17, 15) is 22.4 Å². The smallest absolute Gasteiger partial charge is 0.356 e. The molecule has 1 aromatic rings. The van der Waals surface area contributed by atoms with Crippen LogP contribution >= 0.6 is 0 Å². The molecular weight excluding hydrogens is 304 g/mol. The monoisotopic (exact) mass is 316 g/mol. The third-order valence-corrected chi connectivity index (χ3v) is 3.65. The van der Waals surface area contributed by atoms with Crippen LogP contribution in [0.15, 0.2) is 23.2 Å². The number of nitrogens with one attached hydrogen (secondary N) is 1. The van der Waals surface area contributed by atoms with Crippen molar-refractivity contribution in [2.24, 2.45) is 10.9 Å². The van der Waals surface area contributed by atoms with Crippen LogP contribution in [0.3, 0.4) is 0 Å². The van der Waals surface area contributed by atoms with Gasteiger partial charge in [0.1, 0.15) is 5.82 Å². The minimum Gasteiger partial charge on any atom is -0.356 e. The van der Waals surface area contributed by atoms with Gasteiger partial charge in [-0.1, -0.05) is 0 Å². The molecule has 22 heavy (non-hydrogen) atoms. The molecule has 1 N–H and O–H groups in total. The summed E-state index contributed by atoms with van der Waals surface area (Å²) < 4.78 is 59.7. The topological polar surface area (TPSA) is 50.7 Å². The highest BCUT2D eigenvalue weighted by atomic mass is 19.4. The van der Waals surface area contributed by atoms with Gasteiger partial charge in [0.15, 0.2) is 0 Å². The van der Waals surface area contributed by atoms with Crippen molar-refractivity contribution in [3.8, 4) is 0 Å². The van der Waals surface area contributed by atoms with Gasteiger partial charge in [-0.05, 0) is 37.0 Å². The minimum atomic E-state index is -4.89. The fourth-order valence-electron chi connectivity index (χ4n) is 2.26. The summed E-state index contributed by atoms with van der Waals surface area (Å²) in [5, 5.41) is 2.20. The molecule has 2 aliphatic rings. The lowest BCUT2D eigenvalue weighted by molar-refractivity contribution is -0.252. The zero-order valence-corrected chi connectivity index (χ0v) is 11.3. The summed E-state index contributed by atoms with van der Waals surface area (Å²) in [6.07, 6.45) is -2.90. The first-order valence-corrected chi connectivity index (χ1v) is 6.69. The molecule has 1 aliphatic heterocycles. The van der Waals surface area contributed by atoms with E-state index in [4.69, 9.17) is 4.74 Å². The van der Waals surface area contributed by atoms with Gasteiger partial charge in [0.25, 0.3) is 0 Å². The first-order valence-electron chi connectivity index (χ1n) is 6.69. The molecule has 4 nitrogen and oxygen atoms in total. The van der Waals surface area contributed by atoms with Crippen LogP contribution in [0.5, 0.6) is 0 Å². The van der Waals surface area contributed by atoms with E-state index in [2.05, 4.69) is 10.3 Å². The van der Waals surface area contributed by atoms with E-state index in [0.717, 1.165) is 25.0 Å². The third kappa shape index (κ3) is 2.58. The van der Waals surface area contributed by atoms with Crippen LogP contribution in [0.25, 0.3) is 0 Å². The van der Waals surface area contributed by atoms with Crippen molar-refractivity contribution in [1.82, 2.24) is 0 Å². The van der Waals surface area contributed by atoms with Crippen LogP contribution in [-0.4, -0.2) is 25.0 Å². The van der Waals surface area contributed by atoms with Gasteiger partial charge in [-0.25, -0.2) is 14.2 Å². The Balaban J connectivity index is 2.14. The molecule has 1 aliphatic carbocycles. The zero-order valence-electron chi connectivity index (χ0n) is 11.3. The highest BCUT2D eigenvalue weighted by molar-refractivity contribution is 6.00. The molecule has 1 fully saturated rings. The molecule has 8 heteroatoms. The minimum absolute atomic E-state index is 0.0524. The zero-order chi connectivity index (χ0) is 16.0. The number of amides is 2. The first-order chi connectivity index (χ1) is 10.3. The van der Waals surface area contributed by atoms with E-state index in [-0.39, 0.29) is 18.2 Å². The van der Waals surface area contributed by atoms with Gasteiger partial charge in [0.2, 0.25) is 5.60 Å². The number of alkyl halides is 3. The number of aliphatic imine (C=N–C) groups is 1. The average Bonchev–Trinajstić information content (AvgIpc) is 3.24. The van der Waals surface area contributed by atoms with E-state index in [1.54, 1.807) is 0 Å². The summed E-state index contributed by atoms with van der Waals surface area (Å²) in [4.78, 5) is 14.7. The Morgan fingerprint density at radius 1 is 1.36 bits per heavy atom. The van der Waals surface area contributed by atoms with Crippen molar-refractivity contribution >= 4 is 17.9 Å². The average molecular weight is 316 g/mol. The second-order valence-electron chi connectivity index (χ2n) is 5.37. The summed E-state index contributed by atoms with van der Waals surface area (Å²) in [5.74, 6) is -0.802. The van der Waals surface area contributed by atoms with Gasteiger partial charge in [-0.15, -0.1) is 0 Å². The largest absolute Gasteiger partial charge is 0.427 e. The quantitative estimate of drug-likeness (QED) is 0.866. The van der Waals surface area contributed by atoms with Crippen LogP contribution in [0.2, 0.25) is 0 Å². The summed E-state index contributed by atoms with van der Waals surface area (Å²) in [5.41, 5.74) is -3.61. The van der Waals surface area contributed by atoms with Crippen LogP contribution in [0, 0.1) is 11.7 Å². The lowest BCUT2D eigenvalue weighted by Gasteiger charge is -2.33. The molecule has 0 bridgehead atoms. The first kappa shape index (κ1) is 15.0. The maximum atomic E-state index is 13.7. The molecular formula is C14H12F4N2O2. The highest BCUT2D eigenvalue weighted by Gasteiger charge is 2.59.